The van der Waals surface area contributed by atoms with E-state index in [1.807, 2.05) is 20.8 Å². The zero-order valence-corrected chi connectivity index (χ0v) is 23.1. The van der Waals surface area contributed by atoms with Crippen molar-refractivity contribution in [2.24, 2.45) is 5.92 Å². The van der Waals surface area contributed by atoms with Gasteiger partial charge in [-0.2, -0.15) is 0 Å². The van der Waals surface area contributed by atoms with Gasteiger partial charge in [-0.1, -0.05) is 39.3 Å². The van der Waals surface area contributed by atoms with Crippen LogP contribution in [0.1, 0.15) is 66.9 Å². The molecule has 0 aliphatic carbocycles. The molecule has 0 saturated heterocycles. The molecular weight excluding hydrogens is 448 g/mol. The number of carbonyl (C=O) groups excluding carboxylic acids is 3. The fraction of sp³-hybridized carbons (Fsp3) is 0.654. The van der Waals surface area contributed by atoms with E-state index in [-0.39, 0.29) is 25.2 Å². The highest BCUT2D eigenvalue weighted by Gasteiger charge is 2.15. The number of amides is 3. The minimum atomic E-state index is -0.393. The van der Waals surface area contributed by atoms with Gasteiger partial charge < -0.3 is 30.7 Å². The van der Waals surface area contributed by atoms with E-state index < -0.39 is 5.60 Å². The summed E-state index contributed by atoms with van der Waals surface area (Å²) in [6.45, 7) is 15.0. The Morgan fingerprint density at radius 1 is 1.11 bits per heavy atom. The average Bonchev–Trinajstić information content (AvgIpc) is 2.77. The van der Waals surface area contributed by atoms with Crippen molar-refractivity contribution in [1.29, 1.82) is 0 Å². The monoisotopic (exact) mass is 496 g/mol. The fourth-order valence-electron chi connectivity index (χ4n) is 2.31. The number of unbranched alkanes of at least 4 members (excludes halogenated alkanes) is 1. The van der Waals surface area contributed by atoms with Crippen LogP contribution in [0.15, 0.2) is 24.3 Å². The van der Waals surface area contributed by atoms with Crippen molar-refractivity contribution in [3.8, 4) is 0 Å². The molecule has 0 saturated carbocycles. The van der Waals surface area contributed by atoms with Crippen LogP contribution in [-0.2, 0) is 20.9 Å². The first kappa shape index (κ1) is 34.5. The Bertz CT molecular complexity index is 693. The van der Waals surface area contributed by atoms with Crippen LogP contribution in [0, 0.1) is 5.92 Å². The minimum Gasteiger partial charge on any atom is -0.444 e. The second-order valence-corrected chi connectivity index (χ2v) is 9.63. The van der Waals surface area contributed by atoms with Crippen LogP contribution in [0.2, 0.25) is 0 Å². The third kappa shape index (κ3) is 21.6. The number of rotatable bonds is 10. The molecule has 1 rings (SSSR count). The number of nitrogens with one attached hydrogen (secondary N) is 3. The number of ether oxygens (including phenoxy) is 1. The molecule has 1 aromatic carbocycles. The summed E-state index contributed by atoms with van der Waals surface area (Å²) in [4.78, 5) is 34.3. The molecule has 35 heavy (non-hydrogen) atoms. The maximum Gasteiger partial charge on any atom is 0.407 e. The maximum atomic E-state index is 11.1. The van der Waals surface area contributed by atoms with Crippen molar-refractivity contribution in [2.75, 3.05) is 32.5 Å². The molecule has 1 aromatic rings. The first-order valence-electron chi connectivity index (χ1n) is 12.1. The molecule has 9 nitrogen and oxygen atoms in total. The Balaban J connectivity index is 0. The summed E-state index contributed by atoms with van der Waals surface area (Å²) in [7, 11) is 4.23. The van der Waals surface area contributed by atoms with Crippen molar-refractivity contribution in [2.45, 2.75) is 79.6 Å². The van der Waals surface area contributed by atoms with E-state index in [0.29, 0.717) is 24.7 Å². The summed E-state index contributed by atoms with van der Waals surface area (Å²) >= 11 is 0. The molecule has 1 unspecified atom stereocenters. The van der Waals surface area contributed by atoms with E-state index in [9.17, 15) is 14.4 Å². The number of benzene rings is 1. The Hall–Kier alpha value is -2.65. The van der Waals surface area contributed by atoms with Crippen LogP contribution in [0.3, 0.4) is 0 Å². The van der Waals surface area contributed by atoms with Crippen molar-refractivity contribution in [3.63, 3.8) is 0 Å². The van der Waals surface area contributed by atoms with Crippen LogP contribution >= 0.6 is 0 Å². The molecule has 0 bridgehead atoms. The molecule has 0 aliphatic heterocycles. The van der Waals surface area contributed by atoms with E-state index in [1.54, 1.807) is 24.3 Å². The third-order valence-electron chi connectivity index (χ3n) is 4.74. The molecule has 202 valence electrons. The standard InChI is InChI=1S/C10H12N2O3.C9H19NO2.C7H17N/c13-6-8-1-3-9(4-2-8)12-10(15)5-11-7-14;1-5-6-7-10-8(11)12-9(2,3)4;1-6(2)7(3)8(4)5/h1-4,7,13H,5-6H2,(H,11,14)(H,12,15);5-7H2,1-4H3,(H,10,11);6-7H,1-5H3. The topological polar surface area (TPSA) is 120 Å². The molecule has 0 aromatic heterocycles. The zero-order valence-electron chi connectivity index (χ0n) is 23.1. The summed E-state index contributed by atoms with van der Waals surface area (Å²) in [6.07, 6.45) is 2.22. The van der Waals surface area contributed by atoms with Crippen LogP contribution < -0.4 is 16.0 Å². The molecule has 3 amide bonds. The zero-order chi connectivity index (χ0) is 27.4. The lowest BCUT2D eigenvalue weighted by Crippen LogP contribution is -2.32. The Kier molecular flexibility index (Phi) is 19.4. The number of hydrogen-bond acceptors (Lipinski definition) is 6. The van der Waals surface area contributed by atoms with Gasteiger partial charge in [-0.05, 0) is 71.8 Å². The molecule has 4 N–H and O–H groups in total. The van der Waals surface area contributed by atoms with E-state index in [4.69, 9.17) is 9.84 Å². The van der Waals surface area contributed by atoms with E-state index in [1.165, 1.54) is 0 Å². The summed E-state index contributed by atoms with van der Waals surface area (Å²) in [5.41, 5.74) is 1.01. The number of nitrogens with zero attached hydrogens (tertiary/aromatic N) is 1. The second-order valence-electron chi connectivity index (χ2n) is 9.63. The summed E-state index contributed by atoms with van der Waals surface area (Å²) in [6, 6.07) is 7.50. The quantitative estimate of drug-likeness (QED) is 0.289. The molecular formula is C26H48N4O5. The highest BCUT2D eigenvalue weighted by molar-refractivity contribution is 5.93. The average molecular weight is 497 g/mol. The smallest absolute Gasteiger partial charge is 0.407 e. The Morgan fingerprint density at radius 2 is 1.69 bits per heavy atom. The van der Waals surface area contributed by atoms with Crippen molar-refractivity contribution >= 4 is 24.1 Å². The van der Waals surface area contributed by atoms with E-state index >= 15 is 0 Å². The van der Waals surface area contributed by atoms with Crippen molar-refractivity contribution < 1.29 is 24.2 Å². The molecule has 9 heteroatoms. The number of aliphatic hydroxyl groups excluding tert-OH is 1. The number of carbonyl (C=O) groups is 3. The van der Waals surface area contributed by atoms with E-state index in [2.05, 4.69) is 62.6 Å². The molecule has 0 fully saturated rings. The molecule has 0 heterocycles. The van der Waals surface area contributed by atoms with Gasteiger partial charge in [-0.25, -0.2) is 4.79 Å². The minimum absolute atomic E-state index is 0.0269. The number of alkyl carbamates (subject to hydrolysis) is 1. The summed E-state index contributed by atoms with van der Waals surface area (Å²) in [5, 5.41) is 16.3. The number of anilines is 1. The first-order chi connectivity index (χ1) is 16.3. The molecule has 0 radical (unpaired) electrons. The summed E-state index contributed by atoms with van der Waals surface area (Å²) < 4.78 is 5.03. The highest BCUT2D eigenvalue weighted by atomic mass is 16.6. The van der Waals surface area contributed by atoms with Gasteiger partial charge >= 0.3 is 6.09 Å². The predicted molar refractivity (Wildman–Crippen MR) is 142 cm³/mol. The Morgan fingerprint density at radius 3 is 2.06 bits per heavy atom. The van der Waals surface area contributed by atoms with Gasteiger partial charge in [0.1, 0.15) is 5.60 Å². The van der Waals surface area contributed by atoms with Crippen LogP contribution in [0.25, 0.3) is 0 Å². The van der Waals surface area contributed by atoms with Gasteiger partial charge in [0, 0.05) is 18.3 Å². The van der Waals surface area contributed by atoms with Crippen LogP contribution in [0.4, 0.5) is 10.5 Å². The van der Waals surface area contributed by atoms with Gasteiger partial charge in [-0.3, -0.25) is 9.59 Å². The molecule has 1 atom stereocenters. The highest BCUT2D eigenvalue weighted by Crippen LogP contribution is 2.09. The van der Waals surface area contributed by atoms with Gasteiger partial charge in [0.05, 0.1) is 13.2 Å². The first-order valence-corrected chi connectivity index (χ1v) is 12.1. The summed E-state index contributed by atoms with van der Waals surface area (Å²) in [5.74, 6) is 0.476. The van der Waals surface area contributed by atoms with E-state index in [0.717, 1.165) is 24.3 Å². The lowest BCUT2D eigenvalue weighted by molar-refractivity contribution is -0.118. The lowest BCUT2D eigenvalue weighted by Gasteiger charge is -2.22. The second kappa shape index (κ2) is 19.6. The normalized spacial score (nSPS) is 11.3. The molecule has 0 spiro atoms. The fourth-order valence-corrected chi connectivity index (χ4v) is 2.31. The van der Waals surface area contributed by atoms with Gasteiger partial charge in [0.2, 0.25) is 12.3 Å². The SMILES string of the molecule is CC(C)C(C)N(C)C.CCCCNC(=O)OC(C)(C)C.O=CNCC(=O)Nc1ccc(CO)cc1. The van der Waals surface area contributed by atoms with Crippen molar-refractivity contribution in [3.05, 3.63) is 29.8 Å². The van der Waals surface area contributed by atoms with Crippen LogP contribution in [-0.4, -0.2) is 67.2 Å². The number of hydrogen-bond donors (Lipinski definition) is 4. The molecule has 0 aliphatic rings. The van der Waals surface area contributed by atoms with Crippen molar-refractivity contribution in [1.82, 2.24) is 15.5 Å². The third-order valence-corrected chi connectivity index (χ3v) is 4.74. The maximum absolute atomic E-state index is 11.1. The largest absolute Gasteiger partial charge is 0.444 e. The van der Waals surface area contributed by atoms with Gasteiger partial charge in [0.25, 0.3) is 0 Å². The predicted octanol–water partition coefficient (Wildman–Crippen LogP) is 3.77. The Labute approximate surface area is 212 Å². The van der Waals surface area contributed by atoms with Gasteiger partial charge in [0.15, 0.2) is 0 Å². The van der Waals surface area contributed by atoms with Crippen LogP contribution in [0.5, 0.6) is 0 Å². The van der Waals surface area contributed by atoms with Gasteiger partial charge in [-0.15, -0.1) is 0 Å². The number of aliphatic hydroxyl groups is 1. The lowest BCUT2D eigenvalue weighted by atomic mass is 10.1.